The van der Waals surface area contributed by atoms with Gasteiger partial charge in [0.05, 0.1) is 27.2 Å². The number of aliphatic hydroxyl groups is 1. The van der Waals surface area contributed by atoms with E-state index in [1.165, 1.54) is 52.6 Å². The van der Waals surface area contributed by atoms with Gasteiger partial charge in [0, 0.05) is 73.5 Å². The van der Waals surface area contributed by atoms with E-state index >= 15 is 0 Å². The topological polar surface area (TPSA) is 183 Å². The standard InChI is InChI=1S/C51H56FN7O7S2/c1-50(2)16-14-36(43(28-50)47-25-37(32-67-47)34-4-6-38(52)7-5-34)31-57-20-22-58(23-21-57)39-8-10-42(46(26-39)66-40-24-35-15-19-53-48(35)55-30-40)49(60)56-68(64,65)41-9-11-44(45(27-41)59(62)63)54-29-33-12-17-51(3,61)18-13-33/h4-11,15,19,24-27,30,32-33,54,61H,12-14,16-18,20-23,28-29,31H2,1-3H3,(H,53,55)(H,56,60). The fraction of sp³-hybridized carbons (Fsp3) is 0.373. The van der Waals surface area contributed by atoms with E-state index in [-0.39, 0.29) is 34.2 Å². The number of piperazine rings is 1. The number of amides is 1. The number of fused-ring (bicyclic) bond motifs is 1. The molecule has 6 aromatic rings. The highest BCUT2D eigenvalue weighted by atomic mass is 32.2. The van der Waals surface area contributed by atoms with Gasteiger partial charge in [-0.15, -0.1) is 11.3 Å². The highest BCUT2D eigenvalue weighted by Crippen LogP contribution is 2.46. The number of nitrogens with zero attached hydrogens (tertiary/aromatic N) is 4. The summed E-state index contributed by atoms with van der Waals surface area (Å²) in [6.07, 6.45) is 9.15. The molecule has 0 atom stereocenters. The van der Waals surface area contributed by atoms with E-state index in [0.717, 1.165) is 80.0 Å². The minimum atomic E-state index is -4.59. The number of ether oxygens (including phenoxy) is 1. The van der Waals surface area contributed by atoms with Gasteiger partial charge in [-0.3, -0.25) is 19.8 Å². The molecule has 3 aliphatic rings. The minimum Gasteiger partial charge on any atom is -0.455 e. The lowest BCUT2D eigenvalue weighted by atomic mass is 9.73. The van der Waals surface area contributed by atoms with Gasteiger partial charge in [-0.25, -0.2) is 22.5 Å². The van der Waals surface area contributed by atoms with Crippen LogP contribution in [0.2, 0.25) is 0 Å². The summed E-state index contributed by atoms with van der Waals surface area (Å²) in [4.78, 5) is 38.5. The van der Waals surface area contributed by atoms with Crippen LogP contribution in [0, 0.1) is 27.3 Å². The fourth-order valence-electron chi connectivity index (χ4n) is 9.55. The summed E-state index contributed by atoms with van der Waals surface area (Å²) in [5, 5.41) is 28.5. The molecule has 0 unspecified atom stereocenters. The van der Waals surface area contributed by atoms with Crippen LogP contribution in [-0.2, 0) is 10.0 Å². The number of H-pyrrole nitrogens is 1. The highest BCUT2D eigenvalue weighted by Gasteiger charge is 2.32. The Kier molecular flexibility index (Phi) is 13.2. The maximum Gasteiger partial charge on any atom is 0.293 e. The Balaban J connectivity index is 0.914. The number of aromatic amines is 1. The van der Waals surface area contributed by atoms with Crippen LogP contribution >= 0.6 is 11.3 Å². The zero-order valence-electron chi connectivity index (χ0n) is 38.4. The van der Waals surface area contributed by atoms with Crippen LogP contribution in [0.5, 0.6) is 11.5 Å². The first kappa shape index (κ1) is 46.9. The van der Waals surface area contributed by atoms with Gasteiger partial charge in [-0.2, -0.15) is 0 Å². The Morgan fingerprint density at radius 2 is 1.75 bits per heavy atom. The Bertz CT molecular complexity index is 2980. The van der Waals surface area contributed by atoms with Gasteiger partial charge in [-0.05, 0) is 140 Å². The molecule has 4 N–H and O–H groups in total. The van der Waals surface area contributed by atoms with Crippen molar-refractivity contribution < 1.29 is 32.4 Å². The monoisotopic (exact) mass is 961 g/mol. The van der Waals surface area contributed by atoms with Crippen molar-refractivity contribution in [3.63, 3.8) is 0 Å². The molecule has 3 aromatic carbocycles. The number of carbonyl (C=O) groups excluding carboxylic acids is 1. The quantitative estimate of drug-likeness (QED) is 0.0602. The summed E-state index contributed by atoms with van der Waals surface area (Å²) in [6.45, 7) is 10.7. The summed E-state index contributed by atoms with van der Waals surface area (Å²) in [6, 6.07) is 21.1. The number of nitro benzene ring substituents is 1. The Labute approximate surface area is 399 Å². The third-order valence-electron chi connectivity index (χ3n) is 13.7. The van der Waals surface area contributed by atoms with E-state index in [1.807, 2.05) is 18.2 Å². The maximum absolute atomic E-state index is 14.0. The van der Waals surface area contributed by atoms with E-state index in [4.69, 9.17) is 4.74 Å². The van der Waals surface area contributed by atoms with Crippen molar-refractivity contribution in [1.82, 2.24) is 19.6 Å². The molecule has 9 rings (SSSR count). The van der Waals surface area contributed by atoms with Crippen molar-refractivity contribution in [2.45, 2.75) is 76.2 Å². The second kappa shape index (κ2) is 19.1. The zero-order valence-corrected chi connectivity index (χ0v) is 40.0. The van der Waals surface area contributed by atoms with Crippen molar-refractivity contribution in [2.75, 3.05) is 49.5 Å². The van der Waals surface area contributed by atoms with Crippen LogP contribution < -0.4 is 19.7 Å². The molecule has 3 aromatic heterocycles. The molecule has 1 aliphatic heterocycles. The van der Waals surface area contributed by atoms with E-state index in [1.54, 1.807) is 42.7 Å². The van der Waals surface area contributed by atoms with Crippen LogP contribution in [0.3, 0.4) is 0 Å². The second-order valence-electron chi connectivity index (χ2n) is 19.5. The number of nitro groups is 1. The largest absolute Gasteiger partial charge is 0.455 e. The number of hydrogen-bond donors (Lipinski definition) is 4. The number of sulfonamides is 1. The summed E-state index contributed by atoms with van der Waals surface area (Å²) >= 11 is 1.74. The first-order valence-electron chi connectivity index (χ1n) is 23.1. The number of carbonyl (C=O) groups is 1. The molecule has 2 aliphatic carbocycles. The molecule has 1 amide bonds. The molecule has 0 spiro atoms. The van der Waals surface area contributed by atoms with Crippen molar-refractivity contribution in [3.8, 4) is 22.6 Å². The van der Waals surface area contributed by atoms with Crippen molar-refractivity contribution in [3.05, 3.63) is 129 Å². The number of anilines is 2. The van der Waals surface area contributed by atoms with E-state index in [0.29, 0.717) is 43.9 Å². The molecule has 1 saturated carbocycles. The summed E-state index contributed by atoms with van der Waals surface area (Å²) in [5.41, 5.74) is 5.52. The van der Waals surface area contributed by atoms with Crippen molar-refractivity contribution in [1.29, 1.82) is 0 Å². The molecule has 0 bridgehead atoms. The highest BCUT2D eigenvalue weighted by molar-refractivity contribution is 7.90. The Morgan fingerprint density at radius 3 is 2.50 bits per heavy atom. The molecule has 4 heterocycles. The minimum absolute atomic E-state index is 0.0553. The summed E-state index contributed by atoms with van der Waals surface area (Å²) < 4.78 is 49.7. The third kappa shape index (κ3) is 10.8. The van der Waals surface area contributed by atoms with Gasteiger partial charge in [0.15, 0.2) is 0 Å². The number of halogens is 1. The molecule has 0 radical (unpaired) electrons. The third-order valence-corrected chi connectivity index (χ3v) is 16.0. The first-order valence-corrected chi connectivity index (χ1v) is 25.4. The molecule has 14 nitrogen and oxygen atoms in total. The predicted octanol–water partition coefficient (Wildman–Crippen LogP) is 10.4. The smallest absolute Gasteiger partial charge is 0.293 e. The molecular formula is C51H56FN7O7S2. The second-order valence-corrected chi connectivity index (χ2v) is 22.0. The lowest BCUT2D eigenvalue weighted by Crippen LogP contribution is -2.47. The summed E-state index contributed by atoms with van der Waals surface area (Å²) in [5.74, 6) is -0.579. The number of rotatable bonds is 14. The number of nitrogens with one attached hydrogen (secondary N) is 3. The van der Waals surface area contributed by atoms with Gasteiger partial charge in [-0.1, -0.05) is 31.6 Å². The van der Waals surface area contributed by atoms with Crippen LogP contribution in [0.15, 0.2) is 107 Å². The SMILES string of the molecule is CC1(C)CCC(CN2CCN(c3ccc(C(=O)NS(=O)(=O)c4ccc(NCC5CCC(C)(O)CC5)c([N+](=O)[O-])c4)c(Oc4cnc5[nH]ccc5c4)c3)CC2)=C(c2cc(-c3ccc(F)cc3)cs2)C1. The van der Waals surface area contributed by atoms with E-state index in [2.05, 4.69) is 55.1 Å². The van der Waals surface area contributed by atoms with Crippen LogP contribution in [0.1, 0.15) is 81.0 Å². The lowest BCUT2D eigenvalue weighted by Gasteiger charge is -2.39. The molecular weight excluding hydrogens is 906 g/mol. The fourth-order valence-corrected chi connectivity index (χ4v) is 11.5. The van der Waals surface area contributed by atoms with Gasteiger partial charge in [0.1, 0.15) is 28.7 Å². The first-order chi connectivity index (χ1) is 32.5. The zero-order chi connectivity index (χ0) is 47.8. The van der Waals surface area contributed by atoms with E-state index in [9.17, 15) is 32.8 Å². The van der Waals surface area contributed by atoms with Crippen LogP contribution in [0.4, 0.5) is 21.5 Å². The number of thiophene rings is 1. The average molecular weight is 962 g/mol. The Morgan fingerprint density at radius 1 is 0.985 bits per heavy atom. The lowest BCUT2D eigenvalue weighted by molar-refractivity contribution is -0.384. The summed E-state index contributed by atoms with van der Waals surface area (Å²) in [7, 11) is -4.59. The Hall–Kier alpha value is -6.14. The number of allylic oxidation sites excluding steroid dienone is 1. The van der Waals surface area contributed by atoms with Crippen molar-refractivity contribution in [2.24, 2.45) is 11.3 Å². The van der Waals surface area contributed by atoms with Crippen molar-refractivity contribution >= 4 is 60.9 Å². The average Bonchev–Trinajstić information content (AvgIpc) is 4.00. The van der Waals surface area contributed by atoms with Crippen LogP contribution in [0.25, 0.3) is 27.7 Å². The normalized spacial score (nSPS) is 20.1. The van der Waals surface area contributed by atoms with Gasteiger partial charge in [0.2, 0.25) is 0 Å². The number of benzene rings is 3. The van der Waals surface area contributed by atoms with Gasteiger partial charge >= 0.3 is 0 Å². The predicted molar refractivity (Wildman–Crippen MR) is 264 cm³/mol. The number of hydrogen-bond acceptors (Lipinski definition) is 12. The van der Waals surface area contributed by atoms with E-state index < -0.39 is 37.0 Å². The molecule has 356 valence electrons. The molecule has 2 fully saturated rings. The molecule has 17 heteroatoms. The van der Waals surface area contributed by atoms with Gasteiger partial charge in [0.25, 0.3) is 21.6 Å². The van der Waals surface area contributed by atoms with Gasteiger partial charge < -0.3 is 25.0 Å². The number of pyridine rings is 1. The molecule has 68 heavy (non-hydrogen) atoms. The maximum atomic E-state index is 14.0. The van der Waals surface area contributed by atoms with Crippen LogP contribution in [-0.4, -0.2) is 84.1 Å². The number of aromatic nitrogens is 2. The molecule has 1 saturated heterocycles.